The fourth-order valence-electron chi connectivity index (χ4n) is 2.32. The Hall–Kier alpha value is -1.85. The summed E-state index contributed by atoms with van der Waals surface area (Å²) in [5.74, 6) is 0.858. The van der Waals surface area contributed by atoms with Crippen LogP contribution in [0.1, 0.15) is 4.88 Å². The van der Waals surface area contributed by atoms with Gasteiger partial charge in [0.25, 0.3) is 0 Å². The first kappa shape index (κ1) is 13.1. The second kappa shape index (κ2) is 4.92. The molecule has 104 valence electrons. The van der Waals surface area contributed by atoms with Gasteiger partial charge in [-0.2, -0.15) is 0 Å². The first-order valence-electron chi connectivity index (χ1n) is 6.31. The Morgan fingerprint density at radius 3 is 2.70 bits per heavy atom. The van der Waals surface area contributed by atoms with Crippen molar-refractivity contribution in [3.05, 3.63) is 29.3 Å². The fraction of sp³-hybridized carbons (Fsp3) is 0.267. The van der Waals surface area contributed by atoms with Gasteiger partial charge in [-0.1, -0.05) is 0 Å². The Morgan fingerprint density at radius 1 is 1.20 bits per heavy atom. The van der Waals surface area contributed by atoms with Gasteiger partial charge in [0, 0.05) is 39.8 Å². The molecule has 0 fully saturated rings. The zero-order valence-corrected chi connectivity index (χ0v) is 12.5. The molecule has 20 heavy (non-hydrogen) atoms. The molecule has 5 heteroatoms. The summed E-state index contributed by atoms with van der Waals surface area (Å²) in [7, 11) is 5.69. The summed E-state index contributed by atoms with van der Waals surface area (Å²) >= 11 is 1.68. The number of phenols is 1. The minimum atomic E-state index is 0.203. The van der Waals surface area contributed by atoms with E-state index in [1.165, 1.54) is 4.88 Å². The Balaban J connectivity index is 2.27. The Labute approximate surface area is 121 Å². The molecule has 0 aliphatic heterocycles. The molecular weight excluding hydrogens is 272 g/mol. The highest BCUT2D eigenvalue weighted by atomic mass is 32.1. The summed E-state index contributed by atoms with van der Waals surface area (Å²) in [6.45, 7) is 0.887. The molecule has 0 bridgehead atoms. The molecule has 0 saturated carbocycles. The van der Waals surface area contributed by atoms with Crippen molar-refractivity contribution in [2.45, 2.75) is 6.54 Å². The van der Waals surface area contributed by atoms with E-state index in [1.54, 1.807) is 30.7 Å². The molecule has 0 unspecified atom stereocenters. The third-order valence-corrected chi connectivity index (χ3v) is 4.23. The van der Waals surface area contributed by atoms with E-state index in [9.17, 15) is 5.11 Å². The summed E-state index contributed by atoms with van der Waals surface area (Å²) < 4.78 is 5.24. The highest BCUT2D eigenvalue weighted by molar-refractivity contribution is 7.18. The highest BCUT2D eigenvalue weighted by Gasteiger charge is 2.11. The van der Waals surface area contributed by atoms with Crippen LogP contribution >= 0.6 is 11.3 Å². The summed E-state index contributed by atoms with van der Waals surface area (Å²) in [5, 5.41) is 12.9. The summed E-state index contributed by atoms with van der Waals surface area (Å²) in [6.07, 6.45) is 1.72. The van der Waals surface area contributed by atoms with Gasteiger partial charge >= 0.3 is 0 Å². The minimum Gasteiger partial charge on any atom is -0.507 e. The van der Waals surface area contributed by atoms with Crippen LogP contribution in [0.15, 0.2) is 24.4 Å². The van der Waals surface area contributed by atoms with Gasteiger partial charge < -0.3 is 14.7 Å². The van der Waals surface area contributed by atoms with E-state index in [0.717, 1.165) is 27.5 Å². The second-order valence-electron chi connectivity index (χ2n) is 5.04. The lowest BCUT2D eigenvalue weighted by atomic mass is 10.1. The zero-order valence-electron chi connectivity index (χ0n) is 11.7. The molecule has 3 aromatic rings. The normalized spacial score (nSPS) is 11.6. The van der Waals surface area contributed by atoms with Crippen LogP contribution in [0.2, 0.25) is 0 Å². The van der Waals surface area contributed by atoms with E-state index in [2.05, 4.69) is 16.0 Å². The molecule has 2 heterocycles. The maximum atomic E-state index is 10.1. The van der Waals surface area contributed by atoms with Crippen LogP contribution in [-0.2, 0) is 6.54 Å². The molecule has 0 spiro atoms. The maximum Gasteiger partial charge on any atom is 0.128 e. The van der Waals surface area contributed by atoms with Crippen LogP contribution in [0.3, 0.4) is 0 Å². The van der Waals surface area contributed by atoms with Crippen LogP contribution in [-0.4, -0.2) is 36.2 Å². The minimum absolute atomic E-state index is 0.203. The number of phenolic OH excluding ortho intramolecular Hbond substituents is 1. The van der Waals surface area contributed by atoms with Crippen LogP contribution in [0.5, 0.6) is 11.5 Å². The van der Waals surface area contributed by atoms with Gasteiger partial charge in [-0.15, -0.1) is 11.3 Å². The zero-order chi connectivity index (χ0) is 14.3. The van der Waals surface area contributed by atoms with E-state index >= 15 is 0 Å². The molecule has 2 aromatic heterocycles. The lowest BCUT2D eigenvalue weighted by molar-refractivity contribution is 0.406. The summed E-state index contributed by atoms with van der Waals surface area (Å²) in [4.78, 5) is 8.83. The number of rotatable bonds is 3. The smallest absolute Gasteiger partial charge is 0.128 e. The van der Waals surface area contributed by atoms with Gasteiger partial charge in [-0.3, -0.25) is 0 Å². The molecule has 1 aromatic carbocycles. The number of pyridine rings is 1. The number of nitrogens with zero attached hydrogens (tertiary/aromatic N) is 2. The average Bonchev–Trinajstić information content (AvgIpc) is 2.80. The SMILES string of the molecule is COc1cc(O)c2cnc3sc(CN(C)C)cc3c2c1. The molecule has 0 radical (unpaired) electrons. The average molecular weight is 288 g/mol. The first-order chi connectivity index (χ1) is 9.58. The topological polar surface area (TPSA) is 45.6 Å². The van der Waals surface area contributed by atoms with Crippen molar-refractivity contribution in [2.24, 2.45) is 0 Å². The largest absolute Gasteiger partial charge is 0.507 e. The quantitative estimate of drug-likeness (QED) is 0.803. The number of hydrogen-bond donors (Lipinski definition) is 1. The van der Waals surface area contributed by atoms with Crippen molar-refractivity contribution in [1.29, 1.82) is 0 Å². The molecule has 0 amide bonds. The van der Waals surface area contributed by atoms with Crippen molar-refractivity contribution >= 4 is 32.3 Å². The van der Waals surface area contributed by atoms with Crippen LogP contribution in [0.4, 0.5) is 0 Å². The lowest BCUT2D eigenvalue weighted by Crippen LogP contribution is -2.09. The van der Waals surface area contributed by atoms with Crippen LogP contribution in [0, 0.1) is 0 Å². The van der Waals surface area contributed by atoms with E-state index in [0.29, 0.717) is 5.75 Å². The van der Waals surface area contributed by atoms with E-state index in [-0.39, 0.29) is 5.75 Å². The van der Waals surface area contributed by atoms with Gasteiger partial charge in [-0.25, -0.2) is 4.98 Å². The van der Waals surface area contributed by atoms with Crippen LogP contribution < -0.4 is 4.74 Å². The van der Waals surface area contributed by atoms with E-state index in [4.69, 9.17) is 4.74 Å². The number of aromatic hydroxyl groups is 1. The number of benzene rings is 1. The number of aromatic nitrogens is 1. The molecule has 0 saturated heterocycles. The molecule has 1 N–H and O–H groups in total. The van der Waals surface area contributed by atoms with Crippen LogP contribution in [0.25, 0.3) is 21.0 Å². The number of ether oxygens (including phenoxy) is 1. The molecule has 3 rings (SSSR count). The van der Waals surface area contributed by atoms with Gasteiger partial charge in [0.1, 0.15) is 16.3 Å². The standard InChI is InChI=1S/C15H16N2O2S/c1-17(2)8-10-6-12-11-4-9(19-3)5-14(18)13(11)7-16-15(12)20-10/h4-7,18H,8H2,1-3H3. The van der Waals surface area contributed by atoms with Gasteiger partial charge in [-0.05, 0) is 26.2 Å². The Kier molecular flexibility index (Phi) is 3.23. The van der Waals surface area contributed by atoms with Crippen molar-refractivity contribution in [2.75, 3.05) is 21.2 Å². The fourth-order valence-corrected chi connectivity index (χ4v) is 3.45. The predicted molar refractivity (Wildman–Crippen MR) is 82.7 cm³/mol. The molecule has 0 aliphatic rings. The van der Waals surface area contributed by atoms with Crippen molar-refractivity contribution in [3.63, 3.8) is 0 Å². The summed E-state index contributed by atoms with van der Waals surface area (Å²) in [6, 6.07) is 5.71. The Morgan fingerprint density at radius 2 is 2.00 bits per heavy atom. The van der Waals surface area contributed by atoms with Gasteiger partial charge in [0.05, 0.1) is 7.11 Å². The number of hydrogen-bond acceptors (Lipinski definition) is 5. The van der Waals surface area contributed by atoms with E-state index < -0.39 is 0 Å². The summed E-state index contributed by atoms with van der Waals surface area (Å²) in [5.41, 5.74) is 0. The monoisotopic (exact) mass is 288 g/mol. The lowest BCUT2D eigenvalue weighted by Gasteiger charge is -2.06. The third-order valence-electron chi connectivity index (χ3n) is 3.20. The second-order valence-corrected chi connectivity index (χ2v) is 6.15. The maximum absolute atomic E-state index is 10.1. The number of methoxy groups -OCH3 is 1. The van der Waals surface area contributed by atoms with E-state index in [1.807, 2.05) is 20.2 Å². The predicted octanol–water partition coefficient (Wildman–Crippen LogP) is 3.23. The number of fused-ring (bicyclic) bond motifs is 3. The third kappa shape index (κ3) is 2.19. The first-order valence-corrected chi connectivity index (χ1v) is 7.13. The Bertz CT molecular complexity index is 780. The van der Waals surface area contributed by atoms with Crippen molar-refractivity contribution < 1.29 is 9.84 Å². The van der Waals surface area contributed by atoms with Crippen molar-refractivity contribution in [1.82, 2.24) is 9.88 Å². The van der Waals surface area contributed by atoms with Gasteiger partial charge in [0.15, 0.2) is 0 Å². The van der Waals surface area contributed by atoms with Crippen molar-refractivity contribution in [3.8, 4) is 11.5 Å². The molecule has 0 atom stereocenters. The molecule has 4 nitrogen and oxygen atoms in total. The highest BCUT2D eigenvalue weighted by Crippen LogP contribution is 2.36. The number of thiophene rings is 1. The van der Waals surface area contributed by atoms with Gasteiger partial charge in [0.2, 0.25) is 0 Å². The molecular formula is C15H16N2O2S. The molecule has 0 aliphatic carbocycles.